The molecule has 0 N–H and O–H groups in total. The lowest BCUT2D eigenvalue weighted by Crippen LogP contribution is -2.16. The molecule has 2 aromatic rings. The number of ether oxygens (including phenoxy) is 1. The molecule has 0 saturated carbocycles. The molecule has 0 spiro atoms. The molecule has 0 atom stereocenters. The van der Waals surface area contributed by atoms with Crippen molar-refractivity contribution in [2.75, 3.05) is 0 Å². The first-order valence-electron chi connectivity index (χ1n) is 4.73. The average Bonchev–Trinajstić information content (AvgIpc) is 2.63. The van der Waals surface area contributed by atoms with E-state index in [1.807, 2.05) is 0 Å². The van der Waals surface area contributed by atoms with E-state index in [2.05, 4.69) is 9.72 Å². The summed E-state index contributed by atoms with van der Waals surface area (Å²) in [5.74, 6) is 0.731. The number of oxazole rings is 1. The molecule has 0 bridgehead atoms. The molecule has 90 valence electrons. The van der Waals surface area contributed by atoms with Gasteiger partial charge >= 0.3 is 6.36 Å². The Morgan fingerprint density at radius 1 is 1.18 bits per heavy atom. The molecular weight excluding hydrogens is 235 g/mol. The number of halogens is 3. The van der Waals surface area contributed by atoms with Crippen LogP contribution in [-0.2, 0) is 0 Å². The maximum atomic E-state index is 11.9. The van der Waals surface area contributed by atoms with Gasteiger partial charge in [-0.25, -0.2) is 4.98 Å². The molecule has 1 heterocycles. The third-order valence-corrected chi connectivity index (χ3v) is 1.99. The fourth-order valence-electron chi connectivity index (χ4n) is 1.32. The van der Waals surface area contributed by atoms with E-state index in [0.29, 0.717) is 17.2 Å². The fourth-order valence-corrected chi connectivity index (χ4v) is 1.32. The van der Waals surface area contributed by atoms with Gasteiger partial charge in [0.05, 0.1) is 6.20 Å². The molecular formula is C11H8F3NO2. The van der Waals surface area contributed by atoms with Crippen LogP contribution in [-0.4, -0.2) is 11.3 Å². The summed E-state index contributed by atoms with van der Waals surface area (Å²) in [6.45, 7) is 1.69. The Morgan fingerprint density at radius 2 is 1.82 bits per heavy atom. The smallest absolute Gasteiger partial charge is 0.441 e. The normalized spacial score (nSPS) is 11.5. The molecule has 0 saturated heterocycles. The van der Waals surface area contributed by atoms with Crippen molar-refractivity contribution in [1.82, 2.24) is 4.98 Å². The highest BCUT2D eigenvalue weighted by Crippen LogP contribution is 2.26. The van der Waals surface area contributed by atoms with Crippen molar-refractivity contribution in [3.8, 4) is 17.1 Å². The topological polar surface area (TPSA) is 35.3 Å². The maximum Gasteiger partial charge on any atom is 0.573 e. The number of benzene rings is 1. The van der Waals surface area contributed by atoms with Gasteiger partial charge in [-0.15, -0.1) is 13.2 Å². The number of hydrogen-bond acceptors (Lipinski definition) is 3. The summed E-state index contributed by atoms with van der Waals surface area (Å²) in [6, 6.07) is 5.39. The maximum absolute atomic E-state index is 11.9. The zero-order valence-corrected chi connectivity index (χ0v) is 8.78. The van der Waals surface area contributed by atoms with E-state index in [-0.39, 0.29) is 5.75 Å². The van der Waals surface area contributed by atoms with Crippen LogP contribution in [0.2, 0.25) is 0 Å². The van der Waals surface area contributed by atoms with Crippen molar-refractivity contribution in [2.24, 2.45) is 0 Å². The van der Waals surface area contributed by atoms with Crippen molar-refractivity contribution in [3.63, 3.8) is 0 Å². The number of nitrogens with zero attached hydrogens (tertiary/aromatic N) is 1. The van der Waals surface area contributed by atoms with Crippen LogP contribution in [0.15, 0.2) is 34.9 Å². The Morgan fingerprint density at radius 3 is 2.29 bits per heavy atom. The second-order valence-electron chi connectivity index (χ2n) is 3.32. The Bertz CT molecular complexity index is 502. The number of hydrogen-bond donors (Lipinski definition) is 0. The van der Waals surface area contributed by atoms with Crippen LogP contribution in [0.5, 0.6) is 5.75 Å². The summed E-state index contributed by atoms with van der Waals surface area (Å²) < 4.78 is 44.7. The van der Waals surface area contributed by atoms with E-state index < -0.39 is 6.36 Å². The largest absolute Gasteiger partial charge is 0.573 e. The van der Waals surface area contributed by atoms with Crippen LogP contribution in [0, 0.1) is 6.92 Å². The van der Waals surface area contributed by atoms with Crippen LogP contribution in [0.1, 0.15) is 5.89 Å². The first-order valence-corrected chi connectivity index (χ1v) is 4.73. The molecule has 0 aliphatic carbocycles. The lowest BCUT2D eigenvalue weighted by atomic mass is 10.2. The van der Waals surface area contributed by atoms with Gasteiger partial charge in [-0.3, -0.25) is 0 Å². The van der Waals surface area contributed by atoms with E-state index in [9.17, 15) is 13.2 Å². The standard InChI is InChI=1S/C11H8F3NO2/c1-7-15-6-10(16-7)8-2-4-9(5-3-8)17-11(12,13)14/h2-6H,1H3. The molecule has 2 rings (SSSR count). The summed E-state index contributed by atoms with van der Waals surface area (Å²) >= 11 is 0. The highest BCUT2D eigenvalue weighted by Gasteiger charge is 2.30. The molecule has 0 fully saturated rings. The summed E-state index contributed by atoms with van der Waals surface area (Å²) in [4.78, 5) is 3.90. The van der Waals surface area contributed by atoms with Crippen molar-refractivity contribution >= 4 is 0 Å². The first-order chi connectivity index (χ1) is 7.94. The number of alkyl halides is 3. The molecule has 17 heavy (non-hydrogen) atoms. The Kier molecular flexibility index (Phi) is 2.79. The van der Waals surface area contributed by atoms with E-state index >= 15 is 0 Å². The second-order valence-corrected chi connectivity index (χ2v) is 3.32. The van der Waals surface area contributed by atoms with Crippen LogP contribution in [0.4, 0.5) is 13.2 Å². The quantitative estimate of drug-likeness (QED) is 0.809. The zero-order valence-electron chi connectivity index (χ0n) is 8.78. The predicted octanol–water partition coefficient (Wildman–Crippen LogP) is 3.55. The van der Waals surface area contributed by atoms with Crippen molar-refractivity contribution in [1.29, 1.82) is 0 Å². The highest BCUT2D eigenvalue weighted by atomic mass is 19.4. The van der Waals surface area contributed by atoms with Crippen LogP contribution in [0.25, 0.3) is 11.3 Å². The minimum Gasteiger partial charge on any atom is -0.441 e. The molecule has 3 nitrogen and oxygen atoms in total. The van der Waals surface area contributed by atoms with Gasteiger partial charge in [0.15, 0.2) is 11.7 Å². The van der Waals surface area contributed by atoms with Gasteiger partial charge in [-0.05, 0) is 24.3 Å². The minimum absolute atomic E-state index is 0.266. The van der Waals surface area contributed by atoms with Crippen molar-refractivity contribution in [3.05, 3.63) is 36.4 Å². The monoisotopic (exact) mass is 243 g/mol. The van der Waals surface area contributed by atoms with Gasteiger partial charge in [0.1, 0.15) is 5.75 Å². The molecule has 1 aromatic carbocycles. The van der Waals surface area contributed by atoms with E-state index in [4.69, 9.17) is 4.42 Å². The molecule has 0 aliphatic heterocycles. The molecule has 0 radical (unpaired) electrons. The molecule has 0 aliphatic rings. The molecule has 1 aromatic heterocycles. The molecule has 0 amide bonds. The summed E-state index contributed by atoms with van der Waals surface area (Å²) in [6.07, 6.45) is -3.17. The van der Waals surface area contributed by atoms with Gasteiger partial charge in [0, 0.05) is 12.5 Å². The van der Waals surface area contributed by atoms with Crippen LogP contribution in [0.3, 0.4) is 0 Å². The van der Waals surface area contributed by atoms with Gasteiger partial charge < -0.3 is 9.15 Å². The Balaban J connectivity index is 2.19. The molecule has 6 heteroatoms. The zero-order chi connectivity index (χ0) is 12.5. The van der Waals surface area contributed by atoms with Crippen LogP contribution < -0.4 is 4.74 Å². The van der Waals surface area contributed by atoms with Crippen LogP contribution >= 0.6 is 0 Å². The lowest BCUT2D eigenvalue weighted by Gasteiger charge is -2.08. The number of aryl methyl sites for hydroxylation is 1. The van der Waals surface area contributed by atoms with E-state index in [0.717, 1.165) is 0 Å². The average molecular weight is 243 g/mol. The summed E-state index contributed by atoms with van der Waals surface area (Å²) in [7, 11) is 0. The molecule has 0 unspecified atom stereocenters. The predicted molar refractivity (Wildman–Crippen MR) is 53.4 cm³/mol. The van der Waals surface area contributed by atoms with Gasteiger partial charge in [0.25, 0.3) is 0 Å². The second kappa shape index (κ2) is 4.12. The van der Waals surface area contributed by atoms with Gasteiger partial charge in [-0.1, -0.05) is 0 Å². The van der Waals surface area contributed by atoms with E-state index in [1.165, 1.54) is 30.5 Å². The van der Waals surface area contributed by atoms with E-state index in [1.54, 1.807) is 6.92 Å². The fraction of sp³-hybridized carbons (Fsp3) is 0.182. The van der Waals surface area contributed by atoms with Crippen molar-refractivity contribution in [2.45, 2.75) is 13.3 Å². The SMILES string of the molecule is Cc1ncc(-c2ccc(OC(F)(F)F)cc2)o1. The van der Waals surface area contributed by atoms with Gasteiger partial charge in [0.2, 0.25) is 0 Å². The number of aromatic nitrogens is 1. The highest BCUT2D eigenvalue weighted by molar-refractivity contribution is 5.57. The van der Waals surface area contributed by atoms with Gasteiger partial charge in [-0.2, -0.15) is 0 Å². The Labute approximate surface area is 94.8 Å². The third kappa shape index (κ3) is 2.99. The summed E-state index contributed by atoms with van der Waals surface area (Å²) in [5, 5.41) is 0. The summed E-state index contributed by atoms with van der Waals surface area (Å²) in [5.41, 5.74) is 0.639. The van der Waals surface area contributed by atoms with Crippen molar-refractivity contribution < 1.29 is 22.3 Å². The number of rotatable bonds is 2. The lowest BCUT2D eigenvalue weighted by molar-refractivity contribution is -0.274. The third-order valence-electron chi connectivity index (χ3n) is 1.99. The first kappa shape index (κ1) is 11.5. The minimum atomic E-state index is -4.68. The Hall–Kier alpha value is -1.98.